The van der Waals surface area contributed by atoms with Gasteiger partial charge in [0.15, 0.2) is 0 Å². The minimum absolute atomic E-state index is 0.316. The number of hydrogen-bond donors (Lipinski definition) is 0. The van der Waals surface area contributed by atoms with Crippen LogP contribution in [0.3, 0.4) is 0 Å². The predicted octanol–water partition coefficient (Wildman–Crippen LogP) is 6.20. The summed E-state index contributed by atoms with van der Waals surface area (Å²) >= 11 is 0. The van der Waals surface area contributed by atoms with E-state index >= 15 is 0 Å². The van der Waals surface area contributed by atoms with Crippen LogP contribution in [0.15, 0.2) is 79.0 Å². The van der Waals surface area contributed by atoms with Crippen LogP contribution in [0.4, 0.5) is 4.39 Å². The van der Waals surface area contributed by atoms with E-state index in [9.17, 15) is 9.65 Å². The molecule has 28 heavy (non-hydrogen) atoms. The van der Waals surface area contributed by atoms with Crippen molar-refractivity contribution in [3.05, 3.63) is 107 Å². The Balaban J connectivity index is 1.81. The van der Waals surface area contributed by atoms with Gasteiger partial charge in [0.1, 0.15) is 5.82 Å². The summed E-state index contributed by atoms with van der Waals surface area (Å²) in [4.78, 5) is 0. The lowest BCUT2D eigenvalue weighted by Gasteiger charge is -2.06. The van der Waals surface area contributed by atoms with Gasteiger partial charge in [-0.3, -0.25) is 0 Å². The van der Waals surface area contributed by atoms with Crippen molar-refractivity contribution in [1.82, 2.24) is 4.57 Å². The van der Waals surface area contributed by atoms with Gasteiger partial charge in [-0.25, -0.2) is 4.39 Å². The van der Waals surface area contributed by atoms with Crippen LogP contribution in [0.2, 0.25) is 0 Å². The first-order valence-corrected chi connectivity index (χ1v) is 9.16. The minimum atomic E-state index is -0.390. The third kappa shape index (κ3) is 3.45. The van der Waals surface area contributed by atoms with E-state index in [2.05, 4.69) is 47.9 Å². The predicted molar refractivity (Wildman–Crippen MR) is 112 cm³/mol. The van der Waals surface area contributed by atoms with Crippen LogP contribution < -0.4 is 0 Å². The van der Waals surface area contributed by atoms with Gasteiger partial charge in [-0.05, 0) is 30.7 Å². The van der Waals surface area contributed by atoms with Crippen LogP contribution in [0.1, 0.15) is 22.3 Å². The molecule has 0 aliphatic heterocycles. The summed E-state index contributed by atoms with van der Waals surface area (Å²) in [7, 11) is 0. The molecule has 136 valence electrons. The first-order chi connectivity index (χ1) is 13.7. The zero-order chi connectivity index (χ0) is 19.5. The molecule has 0 fully saturated rings. The molecule has 0 aliphatic carbocycles. The van der Waals surface area contributed by atoms with Crippen LogP contribution >= 0.6 is 0 Å². The molecular formula is C25H19FN2. The van der Waals surface area contributed by atoms with Crippen LogP contribution in [0, 0.1) is 24.1 Å². The Morgan fingerprint density at radius 2 is 1.71 bits per heavy atom. The Hall–Kier alpha value is -3.64. The van der Waals surface area contributed by atoms with Crippen molar-refractivity contribution in [3.63, 3.8) is 0 Å². The third-order valence-electron chi connectivity index (χ3n) is 4.88. The Bertz CT molecular complexity index is 1210. The molecular weight excluding hydrogens is 347 g/mol. The maximum absolute atomic E-state index is 14.2. The van der Waals surface area contributed by atoms with Gasteiger partial charge >= 0.3 is 0 Å². The second-order valence-electron chi connectivity index (χ2n) is 6.86. The molecule has 4 aromatic rings. The number of halogens is 1. The zero-order valence-electron chi connectivity index (χ0n) is 15.6. The van der Waals surface area contributed by atoms with Crippen molar-refractivity contribution >= 4 is 22.6 Å². The number of fused-ring (bicyclic) bond motifs is 1. The first kappa shape index (κ1) is 17.8. The average Bonchev–Trinajstić information content (AvgIpc) is 3.06. The summed E-state index contributed by atoms with van der Waals surface area (Å²) in [6, 6.07) is 25.1. The molecule has 3 aromatic carbocycles. The summed E-state index contributed by atoms with van der Waals surface area (Å²) in [5.74, 6) is -0.390. The van der Waals surface area contributed by atoms with E-state index in [0.717, 1.165) is 23.0 Å². The first-order valence-electron chi connectivity index (χ1n) is 9.16. The number of benzene rings is 3. The molecule has 0 saturated carbocycles. The van der Waals surface area contributed by atoms with Crippen molar-refractivity contribution in [3.8, 4) is 6.07 Å². The summed E-state index contributed by atoms with van der Waals surface area (Å²) in [5, 5.41) is 10.7. The fourth-order valence-corrected chi connectivity index (χ4v) is 3.42. The molecule has 2 nitrogen and oxygen atoms in total. The molecule has 1 aromatic heterocycles. The topological polar surface area (TPSA) is 28.7 Å². The lowest BCUT2D eigenvalue weighted by molar-refractivity contribution is 0.624. The van der Waals surface area contributed by atoms with Crippen LogP contribution in [-0.4, -0.2) is 4.57 Å². The smallest absolute Gasteiger partial charge is 0.131 e. The Kier molecular flexibility index (Phi) is 4.78. The molecule has 1 heterocycles. The van der Waals surface area contributed by atoms with Gasteiger partial charge in [0.2, 0.25) is 0 Å². The highest BCUT2D eigenvalue weighted by atomic mass is 19.1. The van der Waals surface area contributed by atoms with Crippen LogP contribution in [-0.2, 0) is 6.54 Å². The normalized spacial score (nSPS) is 11.5. The molecule has 0 bridgehead atoms. The number of aryl methyl sites for hydroxylation is 1. The van der Waals surface area contributed by atoms with Crippen LogP contribution in [0.5, 0.6) is 0 Å². The Labute approximate surface area is 163 Å². The van der Waals surface area contributed by atoms with E-state index in [0.29, 0.717) is 11.1 Å². The molecule has 4 rings (SSSR count). The van der Waals surface area contributed by atoms with Gasteiger partial charge in [-0.15, -0.1) is 0 Å². The fourth-order valence-electron chi connectivity index (χ4n) is 3.42. The summed E-state index contributed by atoms with van der Waals surface area (Å²) in [6.45, 7) is 2.81. The summed E-state index contributed by atoms with van der Waals surface area (Å²) < 4.78 is 16.3. The number of rotatable bonds is 4. The number of nitrogens with zero attached hydrogens (tertiary/aromatic N) is 2. The number of aromatic nitrogens is 1. The summed E-state index contributed by atoms with van der Waals surface area (Å²) in [6.07, 6.45) is 3.80. The van der Waals surface area contributed by atoms with Gasteiger partial charge in [-0.1, -0.05) is 66.2 Å². The number of nitriles is 1. The highest BCUT2D eigenvalue weighted by Crippen LogP contribution is 2.27. The lowest BCUT2D eigenvalue weighted by Crippen LogP contribution is -1.97. The molecule has 0 amide bonds. The van der Waals surface area contributed by atoms with E-state index in [-0.39, 0.29) is 0 Å². The van der Waals surface area contributed by atoms with E-state index < -0.39 is 5.82 Å². The molecule has 0 atom stereocenters. The van der Waals surface area contributed by atoms with Gasteiger partial charge in [0.05, 0.1) is 11.6 Å². The van der Waals surface area contributed by atoms with E-state index in [1.807, 2.05) is 24.4 Å². The zero-order valence-corrected chi connectivity index (χ0v) is 15.6. The minimum Gasteiger partial charge on any atom is -0.342 e. The molecule has 0 aliphatic rings. The van der Waals surface area contributed by atoms with Gasteiger partial charge in [-0.2, -0.15) is 5.26 Å². The van der Waals surface area contributed by atoms with Gasteiger partial charge in [0, 0.05) is 34.8 Å². The maximum Gasteiger partial charge on any atom is 0.131 e. The second kappa shape index (κ2) is 7.54. The van der Waals surface area contributed by atoms with Gasteiger partial charge in [0.25, 0.3) is 0 Å². The van der Waals surface area contributed by atoms with Crippen LogP contribution in [0.25, 0.3) is 22.6 Å². The van der Waals surface area contributed by atoms with Crippen molar-refractivity contribution in [2.24, 2.45) is 0 Å². The van der Waals surface area contributed by atoms with E-state index in [1.165, 1.54) is 17.2 Å². The number of hydrogen-bond acceptors (Lipinski definition) is 1. The Morgan fingerprint density at radius 1 is 1.00 bits per heavy atom. The standard InChI is InChI=1S/C25H19FN2/c1-18-10-12-19(13-11-18)16-28-17-21(23-7-3-5-9-25(23)28)14-20(15-27)22-6-2-4-8-24(22)26/h2-14,17H,16H2,1H3. The highest BCUT2D eigenvalue weighted by molar-refractivity contribution is 5.98. The molecule has 0 unspecified atom stereocenters. The molecule has 0 radical (unpaired) electrons. The third-order valence-corrected chi connectivity index (χ3v) is 4.88. The maximum atomic E-state index is 14.2. The monoisotopic (exact) mass is 366 g/mol. The Morgan fingerprint density at radius 3 is 2.46 bits per heavy atom. The molecule has 3 heteroatoms. The lowest BCUT2D eigenvalue weighted by atomic mass is 10.0. The molecule has 0 saturated heterocycles. The summed E-state index contributed by atoms with van der Waals surface area (Å²) in [5.41, 5.74) is 5.06. The quantitative estimate of drug-likeness (QED) is 0.395. The average molecular weight is 366 g/mol. The van der Waals surface area contributed by atoms with E-state index in [4.69, 9.17) is 0 Å². The highest BCUT2D eigenvalue weighted by Gasteiger charge is 2.11. The SMILES string of the molecule is Cc1ccc(Cn2cc(C=C(C#N)c3ccccc3F)c3ccccc32)cc1. The largest absolute Gasteiger partial charge is 0.342 e. The van der Waals surface area contributed by atoms with E-state index in [1.54, 1.807) is 24.3 Å². The van der Waals surface area contributed by atoms with Crippen molar-refractivity contribution in [1.29, 1.82) is 5.26 Å². The number of para-hydroxylation sites is 1. The van der Waals surface area contributed by atoms with Gasteiger partial charge < -0.3 is 4.57 Å². The van der Waals surface area contributed by atoms with Crippen molar-refractivity contribution in [2.75, 3.05) is 0 Å². The van der Waals surface area contributed by atoms with Crippen molar-refractivity contribution in [2.45, 2.75) is 13.5 Å². The van der Waals surface area contributed by atoms with Crippen molar-refractivity contribution < 1.29 is 4.39 Å². The molecule has 0 spiro atoms. The molecule has 0 N–H and O–H groups in total. The fraction of sp³-hybridized carbons (Fsp3) is 0.0800. The number of allylic oxidation sites excluding steroid dienone is 1. The second-order valence-corrected chi connectivity index (χ2v) is 6.86.